The number of esters is 6. The third-order valence-corrected chi connectivity index (χ3v) is 15.4. The average Bonchev–Trinajstić information content (AvgIpc) is 0.779. The highest BCUT2D eigenvalue weighted by atomic mass is 16.6. The van der Waals surface area contributed by atoms with Crippen LogP contribution in [0.15, 0.2) is 72.8 Å². The maximum absolute atomic E-state index is 12.5. The normalized spacial score (nSPS) is 10.9. The number of hydrogen-bond acceptors (Lipinski definition) is 24. The van der Waals surface area contributed by atoms with Crippen molar-refractivity contribution in [2.24, 2.45) is 0 Å². The summed E-state index contributed by atoms with van der Waals surface area (Å²) >= 11 is 0. The maximum Gasteiger partial charge on any atom is 0.311 e. The van der Waals surface area contributed by atoms with Crippen LogP contribution in [-0.2, 0) is 28.8 Å². The van der Waals surface area contributed by atoms with Gasteiger partial charge in [0.2, 0.25) is 0 Å². The zero-order valence-electron chi connectivity index (χ0n) is 55.7. The molecule has 0 saturated carbocycles. The van der Waals surface area contributed by atoms with Crippen molar-refractivity contribution in [3.8, 4) is 137 Å². The molecule has 24 heteroatoms. The molecule has 96 heavy (non-hydrogen) atoms. The quantitative estimate of drug-likeness (QED) is 0.0186. The number of hydrogen-bond donors (Lipinski definition) is 6. The third kappa shape index (κ3) is 17.6. The van der Waals surface area contributed by atoms with E-state index < -0.39 is 35.8 Å². The lowest BCUT2D eigenvalue weighted by Gasteiger charge is -2.16. The van der Waals surface area contributed by atoms with Crippen LogP contribution in [0.2, 0.25) is 0 Å². The molecule has 0 atom stereocenters. The van der Waals surface area contributed by atoms with E-state index in [1.807, 2.05) is 20.8 Å². The number of aromatic nitrogens is 6. The van der Waals surface area contributed by atoms with Crippen molar-refractivity contribution in [3.05, 3.63) is 106 Å². The second kappa shape index (κ2) is 32.7. The number of benzene rings is 6. The van der Waals surface area contributed by atoms with E-state index in [1.165, 1.54) is 75.4 Å². The second-order valence-corrected chi connectivity index (χ2v) is 22.7. The standard InChI is InChI=1S/C42H51N3O9.C30H27N3O9/c1-7-10-13-16-34(46)52-31-22-19-28(37(49)25(31)4)40-43-41(29-20-23-32(26(5)38(29)50)53-35(47)17-14-11-8-2)45-42(44-40)30-21-24-33(27(6)39(30)51)54-36(48)18-15-12-9-3;1-13-22(40-16(4)34)10-7-19(25(13)37)28-31-29(20-8-11-23(41-17(5)35)14(2)26(20)38)33-30(32-28)21-9-12-24(42-18(6)36)15(3)27(21)39/h19-24,49-51H,7-18H2,1-6H3;7-12,37-39H,1-6H3. The van der Waals surface area contributed by atoms with Gasteiger partial charge in [0.05, 0.1) is 33.4 Å². The van der Waals surface area contributed by atoms with Crippen LogP contribution >= 0.6 is 0 Å². The lowest BCUT2D eigenvalue weighted by molar-refractivity contribution is -0.135. The Labute approximate surface area is 555 Å². The molecule has 0 fully saturated rings. The van der Waals surface area contributed by atoms with Crippen molar-refractivity contribution in [1.29, 1.82) is 0 Å². The van der Waals surface area contributed by atoms with E-state index in [0.29, 0.717) is 19.3 Å². The smallest absolute Gasteiger partial charge is 0.311 e. The van der Waals surface area contributed by atoms with Gasteiger partial charge in [0, 0.05) is 73.4 Å². The van der Waals surface area contributed by atoms with Gasteiger partial charge in [-0.1, -0.05) is 59.3 Å². The topological polar surface area (TPSA) is 357 Å². The highest BCUT2D eigenvalue weighted by molar-refractivity contribution is 5.83. The van der Waals surface area contributed by atoms with Gasteiger partial charge in [-0.05, 0) is 134 Å². The first-order chi connectivity index (χ1) is 45.7. The summed E-state index contributed by atoms with van der Waals surface area (Å²) in [7, 11) is 0. The summed E-state index contributed by atoms with van der Waals surface area (Å²) in [5.74, 6) is -3.63. The van der Waals surface area contributed by atoms with Crippen molar-refractivity contribution in [3.63, 3.8) is 0 Å². The van der Waals surface area contributed by atoms with Crippen molar-refractivity contribution < 1.29 is 87.8 Å². The molecule has 24 nitrogen and oxygen atoms in total. The molecule has 8 rings (SSSR count). The highest BCUT2D eigenvalue weighted by Crippen LogP contribution is 2.45. The number of unbranched alkanes of at least 4 members (excludes halogenated alkanes) is 6. The van der Waals surface area contributed by atoms with Gasteiger partial charge in [-0.2, -0.15) is 0 Å². The molecule has 0 aliphatic rings. The Hall–Kier alpha value is -11.0. The fourth-order valence-electron chi connectivity index (χ4n) is 9.85. The summed E-state index contributed by atoms with van der Waals surface area (Å²) in [5, 5.41) is 67.2. The fourth-order valence-corrected chi connectivity index (χ4v) is 9.85. The summed E-state index contributed by atoms with van der Waals surface area (Å²) in [6, 6.07) is 17.9. The molecule has 0 radical (unpaired) electrons. The highest BCUT2D eigenvalue weighted by Gasteiger charge is 2.27. The first-order valence-electron chi connectivity index (χ1n) is 31.3. The molecule has 0 saturated heterocycles. The molecular formula is C72H78N6O18. The molecule has 6 N–H and O–H groups in total. The summed E-state index contributed by atoms with van der Waals surface area (Å²) in [5.41, 5.74) is 2.56. The van der Waals surface area contributed by atoms with Crippen LogP contribution in [0.1, 0.15) is 152 Å². The largest absolute Gasteiger partial charge is 0.507 e. The molecule has 0 spiro atoms. The first-order valence-corrected chi connectivity index (χ1v) is 31.3. The van der Waals surface area contributed by atoms with Crippen LogP contribution in [0.5, 0.6) is 69.0 Å². The molecule has 8 aromatic rings. The summed E-state index contributed by atoms with van der Waals surface area (Å²) in [6.07, 6.45) is 8.37. The summed E-state index contributed by atoms with van der Waals surface area (Å²) in [4.78, 5) is 99.2. The number of phenolic OH excluding ortho intramolecular Hbond substituents is 6. The van der Waals surface area contributed by atoms with Crippen LogP contribution in [0.4, 0.5) is 0 Å². The molecule has 0 unspecified atom stereocenters. The number of nitrogens with zero attached hydrogens (tertiary/aromatic N) is 6. The number of aromatic hydroxyl groups is 6. The maximum atomic E-state index is 12.5. The van der Waals surface area contributed by atoms with Gasteiger partial charge < -0.3 is 59.1 Å². The van der Waals surface area contributed by atoms with Crippen LogP contribution < -0.4 is 28.4 Å². The Morgan fingerprint density at radius 3 is 0.604 bits per heavy atom. The van der Waals surface area contributed by atoms with E-state index in [-0.39, 0.29) is 190 Å². The van der Waals surface area contributed by atoms with E-state index in [0.717, 1.165) is 38.5 Å². The summed E-state index contributed by atoms with van der Waals surface area (Å²) < 4.78 is 32.1. The van der Waals surface area contributed by atoms with Gasteiger partial charge in [0.25, 0.3) is 0 Å². The molecule has 2 heterocycles. The predicted molar refractivity (Wildman–Crippen MR) is 354 cm³/mol. The Kier molecular flexibility index (Phi) is 24.6. The van der Waals surface area contributed by atoms with Gasteiger partial charge in [-0.25, -0.2) is 29.9 Å². The molecular weight excluding hydrogens is 1240 g/mol. The minimum absolute atomic E-state index is 0.0108. The van der Waals surface area contributed by atoms with Crippen molar-refractivity contribution in [1.82, 2.24) is 29.9 Å². The fraction of sp³-hybridized carbons (Fsp3) is 0.333. The van der Waals surface area contributed by atoms with Gasteiger partial charge >= 0.3 is 35.8 Å². The second-order valence-electron chi connectivity index (χ2n) is 22.7. The van der Waals surface area contributed by atoms with Crippen LogP contribution in [0.3, 0.4) is 0 Å². The molecule has 0 aliphatic carbocycles. The number of rotatable bonds is 24. The molecule has 504 valence electrons. The first kappa shape index (κ1) is 72.4. The minimum Gasteiger partial charge on any atom is -0.507 e. The van der Waals surface area contributed by atoms with E-state index in [4.69, 9.17) is 28.4 Å². The Bertz CT molecular complexity index is 3830. The third-order valence-electron chi connectivity index (χ3n) is 15.4. The lowest BCUT2D eigenvalue weighted by Crippen LogP contribution is -2.09. The van der Waals surface area contributed by atoms with Gasteiger partial charge in [0.1, 0.15) is 69.0 Å². The Morgan fingerprint density at radius 1 is 0.281 bits per heavy atom. The number of carbonyl (C=O) groups excluding carboxylic acids is 6. The molecule has 6 aromatic carbocycles. The molecule has 0 amide bonds. The SMILES string of the molecule is CC(=O)Oc1ccc(-c2nc(-c3ccc(OC(C)=O)c(C)c3O)nc(-c3ccc(OC(C)=O)c(C)c3O)n2)c(O)c1C.CCCCCC(=O)Oc1ccc(-c2nc(-c3ccc(OC(=O)CCCCC)c(C)c3O)nc(-c3ccc(OC(=O)CCCCC)c(C)c3O)n2)c(O)c1C. The van der Waals surface area contributed by atoms with Crippen LogP contribution in [-0.4, -0.2) is 96.4 Å². The zero-order chi connectivity index (χ0) is 70.2. The van der Waals surface area contributed by atoms with Gasteiger partial charge in [-0.3, -0.25) is 28.8 Å². The van der Waals surface area contributed by atoms with E-state index in [2.05, 4.69) is 29.9 Å². The van der Waals surface area contributed by atoms with E-state index >= 15 is 0 Å². The minimum atomic E-state index is -0.568. The van der Waals surface area contributed by atoms with Crippen molar-refractivity contribution in [2.75, 3.05) is 0 Å². The van der Waals surface area contributed by atoms with Crippen molar-refractivity contribution in [2.45, 2.75) is 160 Å². The monoisotopic (exact) mass is 1310 g/mol. The van der Waals surface area contributed by atoms with Gasteiger partial charge in [0.15, 0.2) is 34.9 Å². The van der Waals surface area contributed by atoms with Gasteiger partial charge in [-0.15, -0.1) is 0 Å². The predicted octanol–water partition coefficient (Wildman–Crippen LogP) is 14.1. The van der Waals surface area contributed by atoms with Crippen LogP contribution in [0.25, 0.3) is 68.3 Å². The van der Waals surface area contributed by atoms with E-state index in [1.54, 1.807) is 59.7 Å². The van der Waals surface area contributed by atoms with Crippen LogP contribution in [0, 0.1) is 41.5 Å². The van der Waals surface area contributed by atoms with E-state index in [9.17, 15) is 59.4 Å². The number of carbonyl (C=O) groups is 6. The summed E-state index contributed by atoms with van der Waals surface area (Å²) in [6.45, 7) is 19.3. The number of phenols is 6. The van der Waals surface area contributed by atoms with Crippen molar-refractivity contribution >= 4 is 35.8 Å². The molecule has 0 bridgehead atoms. The molecule has 0 aliphatic heterocycles. The Morgan fingerprint density at radius 2 is 0.448 bits per heavy atom. The molecule has 2 aromatic heterocycles. The zero-order valence-corrected chi connectivity index (χ0v) is 55.7. The number of ether oxygens (including phenoxy) is 6. The average molecular weight is 1320 g/mol. The Balaban J connectivity index is 0.000000279. The lowest BCUT2D eigenvalue weighted by atomic mass is 10.0.